The van der Waals surface area contributed by atoms with Gasteiger partial charge in [0.05, 0.1) is 27.5 Å². The molecule has 1 aliphatic rings. The van der Waals surface area contributed by atoms with Crippen LogP contribution in [0.4, 0.5) is 0 Å². The summed E-state index contributed by atoms with van der Waals surface area (Å²) in [5.41, 5.74) is 1.72. The average molecular weight is 327 g/mol. The topological polar surface area (TPSA) is 63.9 Å². The van der Waals surface area contributed by atoms with Gasteiger partial charge in [-0.3, -0.25) is 4.79 Å². The summed E-state index contributed by atoms with van der Waals surface area (Å²) in [4.78, 5) is 19.1. The van der Waals surface area contributed by atoms with Crippen LogP contribution in [-0.2, 0) is 0 Å². The van der Waals surface area contributed by atoms with Crippen LogP contribution in [0.2, 0.25) is 0 Å². The van der Waals surface area contributed by atoms with Crippen LogP contribution >= 0.6 is 11.3 Å². The third-order valence-corrected chi connectivity index (χ3v) is 5.24. The molecule has 3 aromatic rings. The first-order valence-corrected chi connectivity index (χ1v) is 8.54. The maximum atomic E-state index is 12.7. The second kappa shape index (κ2) is 5.73. The van der Waals surface area contributed by atoms with Crippen LogP contribution in [0.25, 0.3) is 10.2 Å². The molecule has 1 aliphatic heterocycles. The lowest BCUT2D eigenvalue weighted by Gasteiger charge is -2.31. The summed E-state index contributed by atoms with van der Waals surface area (Å²) in [5, 5.41) is 8.95. The maximum absolute atomic E-state index is 12.7. The van der Waals surface area contributed by atoms with Crippen molar-refractivity contribution in [2.75, 3.05) is 13.1 Å². The van der Waals surface area contributed by atoms with Crippen LogP contribution < -0.4 is 0 Å². The van der Waals surface area contributed by atoms with E-state index in [1.165, 1.54) is 0 Å². The predicted molar refractivity (Wildman–Crippen MR) is 88.6 cm³/mol. The first-order valence-electron chi connectivity index (χ1n) is 7.73. The molecule has 1 saturated heterocycles. The summed E-state index contributed by atoms with van der Waals surface area (Å²) < 4.78 is 2.97. The molecule has 4 rings (SSSR count). The second-order valence-electron chi connectivity index (χ2n) is 5.82. The van der Waals surface area contributed by atoms with Gasteiger partial charge in [-0.05, 0) is 38.0 Å². The van der Waals surface area contributed by atoms with Gasteiger partial charge < -0.3 is 4.90 Å². The zero-order valence-electron chi connectivity index (χ0n) is 12.8. The summed E-state index contributed by atoms with van der Waals surface area (Å²) in [6, 6.07) is 6.13. The van der Waals surface area contributed by atoms with Gasteiger partial charge in [0.1, 0.15) is 0 Å². The molecule has 0 spiro atoms. The Balaban J connectivity index is 1.48. The summed E-state index contributed by atoms with van der Waals surface area (Å²) in [5.74, 6) is 0.106. The van der Waals surface area contributed by atoms with Gasteiger partial charge in [0, 0.05) is 24.8 Å². The van der Waals surface area contributed by atoms with E-state index < -0.39 is 0 Å². The molecule has 0 aliphatic carbocycles. The maximum Gasteiger partial charge on any atom is 0.253 e. The van der Waals surface area contributed by atoms with Crippen LogP contribution in [0.15, 0.2) is 30.6 Å². The van der Waals surface area contributed by atoms with Crippen molar-refractivity contribution in [1.82, 2.24) is 24.9 Å². The van der Waals surface area contributed by atoms with E-state index in [0.717, 1.165) is 46.7 Å². The van der Waals surface area contributed by atoms with Crippen LogP contribution in [0, 0.1) is 6.92 Å². The molecule has 0 unspecified atom stereocenters. The summed E-state index contributed by atoms with van der Waals surface area (Å²) in [6.45, 7) is 3.49. The highest BCUT2D eigenvalue weighted by molar-refractivity contribution is 7.18. The number of fused-ring (bicyclic) bond motifs is 1. The van der Waals surface area contributed by atoms with E-state index in [4.69, 9.17) is 0 Å². The molecule has 2 aromatic heterocycles. The molecular weight excluding hydrogens is 310 g/mol. The van der Waals surface area contributed by atoms with Crippen molar-refractivity contribution in [3.8, 4) is 0 Å². The molecular formula is C16H17N5OS. The van der Waals surface area contributed by atoms with Gasteiger partial charge in [-0.25, -0.2) is 9.67 Å². The van der Waals surface area contributed by atoms with Crippen LogP contribution in [0.5, 0.6) is 0 Å². The van der Waals surface area contributed by atoms with Crippen molar-refractivity contribution in [3.63, 3.8) is 0 Å². The van der Waals surface area contributed by atoms with E-state index in [2.05, 4.69) is 15.3 Å². The lowest BCUT2D eigenvalue weighted by Crippen LogP contribution is -2.39. The van der Waals surface area contributed by atoms with Crippen molar-refractivity contribution in [3.05, 3.63) is 41.2 Å². The molecule has 0 bridgehead atoms. The third-order valence-electron chi connectivity index (χ3n) is 4.31. The number of carbonyl (C=O) groups excluding carboxylic acids is 1. The van der Waals surface area contributed by atoms with E-state index in [0.29, 0.717) is 6.04 Å². The van der Waals surface area contributed by atoms with E-state index in [-0.39, 0.29) is 5.91 Å². The zero-order valence-corrected chi connectivity index (χ0v) is 13.7. The fourth-order valence-corrected chi connectivity index (χ4v) is 3.97. The molecule has 0 saturated carbocycles. The Morgan fingerprint density at radius 3 is 2.87 bits per heavy atom. The minimum atomic E-state index is 0.106. The third kappa shape index (κ3) is 2.72. The molecule has 0 N–H and O–H groups in total. The lowest BCUT2D eigenvalue weighted by molar-refractivity contribution is 0.0689. The smallest absolute Gasteiger partial charge is 0.253 e. The molecule has 23 heavy (non-hydrogen) atoms. The number of benzene rings is 1. The van der Waals surface area contributed by atoms with Gasteiger partial charge in [0.25, 0.3) is 5.91 Å². The fraction of sp³-hybridized carbons (Fsp3) is 0.375. The lowest BCUT2D eigenvalue weighted by atomic mass is 10.0. The van der Waals surface area contributed by atoms with E-state index in [1.807, 2.05) is 40.9 Å². The Morgan fingerprint density at radius 1 is 1.30 bits per heavy atom. The minimum absolute atomic E-state index is 0.106. The molecule has 1 aromatic carbocycles. The molecule has 1 amide bonds. The number of aromatic nitrogens is 4. The molecule has 0 atom stereocenters. The van der Waals surface area contributed by atoms with E-state index in [1.54, 1.807) is 17.5 Å². The van der Waals surface area contributed by atoms with Crippen molar-refractivity contribution in [1.29, 1.82) is 0 Å². The molecule has 1 fully saturated rings. The molecule has 118 valence electrons. The number of piperidine rings is 1. The monoisotopic (exact) mass is 327 g/mol. The van der Waals surface area contributed by atoms with Crippen molar-refractivity contribution in [2.24, 2.45) is 0 Å². The Labute approximate surface area is 137 Å². The number of nitrogens with zero attached hydrogens (tertiary/aromatic N) is 5. The highest BCUT2D eigenvalue weighted by Crippen LogP contribution is 2.25. The Morgan fingerprint density at radius 2 is 2.13 bits per heavy atom. The fourth-order valence-electron chi connectivity index (χ4n) is 3.10. The van der Waals surface area contributed by atoms with Crippen molar-refractivity contribution in [2.45, 2.75) is 25.8 Å². The number of aryl methyl sites for hydroxylation is 1. The number of hydrogen-bond donors (Lipinski definition) is 0. The number of rotatable bonds is 2. The van der Waals surface area contributed by atoms with Gasteiger partial charge in [-0.1, -0.05) is 5.21 Å². The highest BCUT2D eigenvalue weighted by Gasteiger charge is 2.25. The molecule has 7 heteroatoms. The zero-order chi connectivity index (χ0) is 15.8. The molecule has 3 heterocycles. The quantitative estimate of drug-likeness (QED) is 0.726. The van der Waals surface area contributed by atoms with Crippen LogP contribution in [0.3, 0.4) is 0 Å². The van der Waals surface area contributed by atoms with Crippen molar-refractivity contribution >= 4 is 27.5 Å². The second-order valence-corrected chi connectivity index (χ2v) is 7.06. The van der Waals surface area contributed by atoms with Gasteiger partial charge in [-0.15, -0.1) is 16.4 Å². The molecule has 0 radical (unpaired) electrons. The standard InChI is InChI=1S/C16H17N5OS/c1-11-18-14-3-2-12(10-15(14)23-11)16(22)20-7-4-13(5-8-20)21-9-6-17-19-21/h2-3,6,9-10,13H,4-5,7-8H2,1H3. The number of carbonyl (C=O) groups is 1. The Hall–Kier alpha value is -2.28. The number of amides is 1. The minimum Gasteiger partial charge on any atom is -0.338 e. The van der Waals surface area contributed by atoms with Crippen LogP contribution in [0.1, 0.15) is 34.2 Å². The van der Waals surface area contributed by atoms with Crippen LogP contribution in [-0.4, -0.2) is 43.9 Å². The normalized spacial score (nSPS) is 16.1. The van der Waals surface area contributed by atoms with E-state index >= 15 is 0 Å². The summed E-state index contributed by atoms with van der Waals surface area (Å²) in [7, 11) is 0. The van der Waals surface area contributed by atoms with Gasteiger partial charge >= 0.3 is 0 Å². The first-order chi connectivity index (χ1) is 11.2. The summed E-state index contributed by atoms with van der Waals surface area (Å²) in [6.07, 6.45) is 5.42. The van der Waals surface area contributed by atoms with Crippen molar-refractivity contribution < 1.29 is 4.79 Å². The number of thiazole rings is 1. The highest BCUT2D eigenvalue weighted by atomic mass is 32.1. The number of likely N-dealkylation sites (tertiary alicyclic amines) is 1. The van der Waals surface area contributed by atoms with Gasteiger partial charge in [0.15, 0.2) is 0 Å². The SMILES string of the molecule is Cc1nc2ccc(C(=O)N3CCC(n4ccnn4)CC3)cc2s1. The average Bonchev–Trinajstić information content (AvgIpc) is 3.22. The first kappa shape index (κ1) is 14.3. The number of hydrogen-bond acceptors (Lipinski definition) is 5. The van der Waals surface area contributed by atoms with Gasteiger partial charge in [0.2, 0.25) is 0 Å². The Kier molecular flexibility index (Phi) is 3.57. The molecule has 6 nitrogen and oxygen atoms in total. The largest absolute Gasteiger partial charge is 0.338 e. The predicted octanol–water partition coefficient (Wildman–Crippen LogP) is 2.67. The summed E-state index contributed by atoms with van der Waals surface area (Å²) >= 11 is 1.63. The Bertz CT molecular complexity index is 833. The van der Waals surface area contributed by atoms with E-state index in [9.17, 15) is 4.79 Å². The van der Waals surface area contributed by atoms with Gasteiger partial charge in [-0.2, -0.15) is 0 Å².